The molecule has 0 amide bonds. The van der Waals surface area contributed by atoms with Crippen LogP contribution >= 0.6 is 12.6 Å². The average molecular weight is 122 g/mol. The van der Waals surface area contributed by atoms with Crippen LogP contribution in [0.4, 0.5) is 0 Å². The van der Waals surface area contributed by atoms with E-state index >= 15 is 0 Å². The molecule has 3 nitrogen and oxygen atoms in total. The van der Waals surface area contributed by atoms with Crippen molar-refractivity contribution in [3.05, 3.63) is 0 Å². The van der Waals surface area contributed by atoms with E-state index in [0.29, 0.717) is 0 Å². The number of hydrogen-bond donors (Lipinski definition) is 2. The van der Waals surface area contributed by atoms with Crippen molar-refractivity contribution in [2.75, 3.05) is 0 Å². The minimum Gasteiger partial charge on any atom is -0.300 e. The maximum Gasteiger partial charge on any atom is 0.354 e. The second kappa shape index (κ2) is 2.87. The lowest BCUT2D eigenvalue weighted by Gasteiger charge is -1.94. The predicted molar refractivity (Wildman–Crippen MR) is 27.2 cm³/mol. The summed E-state index contributed by atoms with van der Waals surface area (Å²) in [6.45, 7) is 1.50. The summed E-state index contributed by atoms with van der Waals surface area (Å²) < 4.78 is 0. The van der Waals surface area contributed by atoms with Gasteiger partial charge in [-0.3, -0.25) is 4.89 Å². The highest BCUT2D eigenvalue weighted by atomic mass is 32.1. The molecule has 0 saturated heterocycles. The van der Waals surface area contributed by atoms with Crippen molar-refractivity contribution >= 4 is 18.6 Å². The Kier molecular flexibility index (Phi) is 2.78. The van der Waals surface area contributed by atoms with E-state index in [2.05, 4.69) is 17.5 Å². The zero-order chi connectivity index (χ0) is 5.86. The van der Waals surface area contributed by atoms with Gasteiger partial charge < -0.3 is 0 Å². The molecule has 0 fully saturated rings. The maximum atomic E-state index is 9.96. The molecule has 1 atom stereocenters. The lowest BCUT2D eigenvalue weighted by Crippen LogP contribution is -2.11. The summed E-state index contributed by atoms with van der Waals surface area (Å²) >= 11 is 3.64. The van der Waals surface area contributed by atoms with Crippen molar-refractivity contribution in [1.29, 1.82) is 0 Å². The van der Waals surface area contributed by atoms with Gasteiger partial charge in [-0.25, -0.2) is 4.79 Å². The Labute approximate surface area is 46.6 Å². The quantitative estimate of drug-likeness (QED) is 0.299. The van der Waals surface area contributed by atoms with E-state index in [1.807, 2.05) is 0 Å². The minimum atomic E-state index is -0.733. The molecular weight excluding hydrogens is 116 g/mol. The molecule has 0 spiro atoms. The average Bonchev–Trinajstić information content (AvgIpc) is 1.65. The van der Waals surface area contributed by atoms with Crippen LogP contribution in [0.5, 0.6) is 0 Å². The van der Waals surface area contributed by atoms with Crippen molar-refractivity contribution < 1.29 is 14.9 Å². The van der Waals surface area contributed by atoms with E-state index in [-0.39, 0.29) is 0 Å². The smallest absolute Gasteiger partial charge is 0.300 e. The van der Waals surface area contributed by atoms with E-state index in [1.54, 1.807) is 0 Å². The van der Waals surface area contributed by atoms with Gasteiger partial charge in [0.05, 0.1) is 5.25 Å². The van der Waals surface area contributed by atoms with Crippen molar-refractivity contribution in [1.82, 2.24) is 0 Å². The van der Waals surface area contributed by atoms with Gasteiger partial charge in [0.2, 0.25) is 0 Å². The Balaban J connectivity index is 3.35. The molecule has 4 heteroatoms. The summed E-state index contributed by atoms with van der Waals surface area (Å²) in [5.74, 6) is -0.733. The summed E-state index contributed by atoms with van der Waals surface area (Å²) in [5, 5.41) is 7.06. The van der Waals surface area contributed by atoms with Crippen molar-refractivity contribution in [3.8, 4) is 0 Å². The molecule has 0 aliphatic heterocycles. The van der Waals surface area contributed by atoms with Gasteiger partial charge in [0, 0.05) is 0 Å². The van der Waals surface area contributed by atoms with Crippen LogP contribution in [0.2, 0.25) is 0 Å². The van der Waals surface area contributed by atoms with E-state index in [1.165, 1.54) is 6.92 Å². The highest BCUT2D eigenvalue weighted by Gasteiger charge is 2.06. The predicted octanol–water partition coefficient (Wildman–Crippen LogP) is 0.321. The van der Waals surface area contributed by atoms with Gasteiger partial charge in [-0.05, 0) is 6.92 Å². The normalized spacial score (nSPS) is 13.0. The van der Waals surface area contributed by atoms with Crippen LogP contribution in [-0.2, 0) is 9.68 Å². The van der Waals surface area contributed by atoms with Gasteiger partial charge in [-0.1, -0.05) is 0 Å². The molecule has 7 heavy (non-hydrogen) atoms. The lowest BCUT2D eigenvalue weighted by molar-refractivity contribution is -0.233. The van der Waals surface area contributed by atoms with Crippen LogP contribution in [0.15, 0.2) is 0 Å². The fraction of sp³-hybridized carbons (Fsp3) is 0.667. The molecule has 0 heterocycles. The highest BCUT2D eigenvalue weighted by Crippen LogP contribution is 1.92. The largest absolute Gasteiger partial charge is 0.354 e. The van der Waals surface area contributed by atoms with Gasteiger partial charge in [-0.2, -0.15) is 17.9 Å². The third-order valence-electron chi connectivity index (χ3n) is 0.431. The van der Waals surface area contributed by atoms with Crippen LogP contribution < -0.4 is 0 Å². The van der Waals surface area contributed by atoms with Crippen LogP contribution in [0.25, 0.3) is 0 Å². The summed E-state index contributed by atoms with van der Waals surface area (Å²) in [7, 11) is 0. The first-order chi connectivity index (χ1) is 3.18. The summed E-state index contributed by atoms with van der Waals surface area (Å²) in [5.41, 5.74) is 0. The molecule has 0 radical (unpaired) electrons. The molecule has 0 rings (SSSR count). The first-order valence-electron chi connectivity index (χ1n) is 1.72. The number of hydrogen-bond acceptors (Lipinski definition) is 4. The van der Waals surface area contributed by atoms with E-state index in [0.717, 1.165) is 0 Å². The van der Waals surface area contributed by atoms with Gasteiger partial charge >= 0.3 is 5.97 Å². The van der Waals surface area contributed by atoms with Crippen molar-refractivity contribution in [2.24, 2.45) is 0 Å². The SMILES string of the molecule is CC(S)C(=O)OO. The number of rotatable bonds is 1. The topological polar surface area (TPSA) is 46.5 Å². The lowest BCUT2D eigenvalue weighted by atomic mass is 10.5. The Morgan fingerprint density at radius 2 is 2.43 bits per heavy atom. The monoisotopic (exact) mass is 122 g/mol. The Morgan fingerprint density at radius 3 is 2.43 bits per heavy atom. The van der Waals surface area contributed by atoms with Crippen LogP contribution in [0, 0.1) is 0 Å². The summed E-state index contributed by atoms with van der Waals surface area (Å²) in [6, 6.07) is 0. The maximum absolute atomic E-state index is 9.96. The first kappa shape index (κ1) is 6.78. The molecule has 1 N–H and O–H groups in total. The molecular formula is C3H6O3S. The van der Waals surface area contributed by atoms with Crippen molar-refractivity contribution in [3.63, 3.8) is 0 Å². The fourth-order valence-electron chi connectivity index (χ4n) is 0.0763. The third kappa shape index (κ3) is 2.47. The first-order valence-corrected chi connectivity index (χ1v) is 2.23. The molecule has 0 aliphatic rings. The van der Waals surface area contributed by atoms with Gasteiger partial charge in [-0.15, -0.1) is 0 Å². The Hall–Kier alpha value is -0.220. The van der Waals surface area contributed by atoms with E-state index in [9.17, 15) is 4.79 Å². The van der Waals surface area contributed by atoms with Gasteiger partial charge in [0.25, 0.3) is 0 Å². The second-order valence-electron chi connectivity index (χ2n) is 1.09. The third-order valence-corrected chi connectivity index (χ3v) is 0.642. The standard InChI is InChI=1S/C3H6O3S/c1-2(7)3(4)6-5/h2,5,7H,1H3. The Morgan fingerprint density at radius 1 is 2.00 bits per heavy atom. The molecule has 0 aromatic rings. The minimum absolute atomic E-state index is 0.551. The van der Waals surface area contributed by atoms with Crippen LogP contribution in [-0.4, -0.2) is 16.5 Å². The van der Waals surface area contributed by atoms with Gasteiger partial charge in [0.1, 0.15) is 0 Å². The summed E-state index contributed by atoms with van der Waals surface area (Å²) in [6.07, 6.45) is 0. The zero-order valence-electron chi connectivity index (χ0n) is 3.79. The summed E-state index contributed by atoms with van der Waals surface area (Å²) in [4.78, 5) is 13.3. The van der Waals surface area contributed by atoms with Crippen LogP contribution in [0.3, 0.4) is 0 Å². The van der Waals surface area contributed by atoms with Gasteiger partial charge in [0.15, 0.2) is 0 Å². The van der Waals surface area contributed by atoms with Crippen LogP contribution in [0.1, 0.15) is 6.92 Å². The van der Waals surface area contributed by atoms with E-state index < -0.39 is 11.2 Å². The fourth-order valence-corrected chi connectivity index (χ4v) is 0.123. The molecule has 0 saturated carbocycles. The number of carbonyl (C=O) groups excluding carboxylic acids is 1. The molecule has 0 bridgehead atoms. The molecule has 0 aromatic carbocycles. The molecule has 1 unspecified atom stereocenters. The molecule has 0 aliphatic carbocycles. The number of carbonyl (C=O) groups is 1. The highest BCUT2D eigenvalue weighted by molar-refractivity contribution is 7.81. The Bertz CT molecular complexity index is 70.6. The molecule has 0 aromatic heterocycles. The second-order valence-corrected chi connectivity index (χ2v) is 1.86. The molecule has 42 valence electrons. The number of thiol groups is 1. The van der Waals surface area contributed by atoms with E-state index in [4.69, 9.17) is 5.26 Å². The van der Waals surface area contributed by atoms with Crippen molar-refractivity contribution in [2.45, 2.75) is 12.2 Å². The zero-order valence-corrected chi connectivity index (χ0v) is 4.68.